The monoisotopic (exact) mass is 360 g/mol. The minimum absolute atomic E-state index is 0.570. The van der Waals surface area contributed by atoms with Gasteiger partial charge in [-0.15, -0.1) is 11.3 Å². The van der Waals surface area contributed by atoms with E-state index in [1.54, 1.807) is 11.3 Å². The molecule has 0 atom stereocenters. The molecule has 4 nitrogen and oxygen atoms in total. The zero-order valence-corrected chi connectivity index (χ0v) is 12.7. The van der Waals surface area contributed by atoms with E-state index in [-0.39, 0.29) is 0 Å². The lowest BCUT2D eigenvalue weighted by molar-refractivity contribution is 0.894. The van der Waals surface area contributed by atoms with E-state index in [0.717, 1.165) is 32.2 Å². The van der Waals surface area contributed by atoms with Crippen LogP contribution in [0.1, 0.15) is 29.1 Å². The van der Waals surface area contributed by atoms with Gasteiger partial charge in [0.25, 0.3) is 0 Å². The van der Waals surface area contributed by atoms with Crippen LogP contribution in [0.2, 0.25) is 0 Å². The number of thiazole rings is 1. The Bertz CT molecular complexity index is 538. The van der Waals surface area contributed by atoms with E-state index in [4.69, 9.17) is 5.73 Å². The summed E-state index contributed by atoms with van der Waals surface area (Å²) in [4.78, 5) is 13.2. The molecule has 0 aromatic carbocycles. The molecule has 6 heteroatoms. The molecule has 2 aromatic heterocycles. The van der Waals surface area contributed by atoms with Gasteiger partial charge in [0.1, 0.15) is 16.6 Å². The second-order valence-corrected chi connectivity index (χ2v) is 5.72. The second-order valence-electron chi connectivity index (χ2n) is 3.70. The largest absolute Gasteiger partial charge is 0.383 e. The van der Waals surface area contributed by atoms with E-state index in [1.807, 2.05) is 12.3 Å². The Balaban J connectivity index is 2.30. The molecule has 2 heterocycles. The highest BCUT2D eigenvalue weighted by atomic mass is 127. The summed E-state index contributed by atoms with van der Waals surface area (Å²) in [7, 11) is 0. The smallest absolute Gasteiger partial charge is 0.140 e. The van der Waals surface area contributed by atoms with Crippen molar-refractivity contribution in [2.45, 2.75) is 26.7 Å². The van der Waals surface area contributed by atoms with Crippen molar-refractivity contribution in [1.82, 2.24) is 15.0 Å². The van der Waals surface area contributed by atoms with Gasteiger partial charge in [0.2, 0.25) is 0 Å². The van der Waals surface area contributed by atoms with Crippen molar-refractivity contribution in [2.24, 2.45) is 0 Å². The standard InChI is InChI=1S/C11H13IN4S/c1-3-7-10(12)11(13)16-8(15-7)4-9-14-6(2)5-17-9/h5H,3-4H2,1-2H3,(H2,13,15,16). The summed E-state index contributed by atoms with van der Waals surface area (Å²) in [5.41, 5.74) is 7.94. The average molecular weight is 360 g/mol. The zero-order valence-electron chi connectivity index (χ0n) is 9.70. The molecule has 0 aliphatic heterocycles. The van der Waals surface area contributed by atoms with Gasteiger partial charge in [0, 0.05) is 11.1 Å². The third kappa shape index (κ3) is 2.92. The van der Waals surface area contributed by atoms with Gasteiger partial charge >= 0.3 is 0 Å². The maximum atomic E-state index is 5.88. The Hall–Kier alpha value is -0.760. The maximum Gasteiger partial charge on any atom is 0.140 e. The van der Waals surface area contributed by atoms with Gasteiger partial charge in [-0.05, 0) is 35.9 Å². The lowest BCUT2D eigenvalue weighted by atomic mass is 10.3. The molecule has 0 radical (unpaired) electrons. The number of rotatable bonds is 3. The summed E-state index contributed by atoms with van der Waals surface area (Å²) >= 11 is 3.83. The minimum Gasteiger partial charge on any atom is -0.383 e. The molecule has 2 N–H and O–H groups in total. The Morgan fingerprint density at radius 1 is 1.35 bits per heavy atom. The molecule has 2 aromatic rings. The molecular formula is C11H13IN4S. The quantitative estimate of drug-likeness (QED) is 0.855. The van der Waals surface area contributed by atoms with E-state index in [1.165, 1.54) is 0 Å². The van der Waals surface area contributed by atoms with Crippen LogP contribution in [0.4, 0.5) is 5.82 Å². The Labute approximate surface area is 118 Å². The van der Waals surface area contributed by atoms with E-state index >= 15 is 0 Å². The van der Waals surface area contributed by atoms with Gasteiger partial charge in [-0.1, -0.05) is 6.92 Å². The molecule has 0 aliphatic carbocycles. The topological polar surface area (TPSA) is 64.7 Å². The van der Waals surface area contributed by atoms with Crippen molar-refractivity contribution >= 4 is 39.7 Å². The van der Waals surface area contributed by atoms with E-state index in [0.29, 0.717) is 12.2 Å². The van der Waals surface area contributed by atoms with Gasteiger partial charge in [-0.25, -0.2) is 15.0 Å². The molecule has 0 spiro atoms. The first kappa shape index (κ1) is 12.7. The number of nitrogen functional groups attached to an aromatic ring is 1. The predicted octanol–water partition coefficient (Wildman–Crippen LogP) is 2.58. The normalized spacial score (nSPS) is 10.8. The molecule has 0 fully saturated rings. The summed E-state index contributed by atoms with van der Waals surface area (Å²) in [5.74, 6) is 1.33. The SMILES string of the molecule is CCc1nc(Cc2nc(C)cs2)nc(N)c1I. The molecule has 0 amide bonds. The number of hydrogen-bond acceptors (Lipinski definition) is 5. The van der Waals surface area contributed by atoms with Crippen molar-refractivity contribution in [3.63, 3.8) is 0 Å². The molecule has 0 saturated heterocycles. The maximum absolute atomic E-state index is 5.88. The van der Waals surface area contributed by atoms with Gasteiger partial charge < -0.3 is 5.73 Å². The van der Waals surface area contributed by atoms with Crippen LogP contribution >= 0.6 is 33.9 Å². The zero-order chi connectivity index (χ0) is 12.4. The van der Waals surface area contributed by atoms with Crippen molar-refractivity contribution in [1.29, 1.82) is 0 Å². The molecule has 0 saturated carbocycles. The molecule has 2 rings (SSSR count). The number of nitrogens with two attached hydrogens (primary N) is 1. The fourth-order valence-electron chi connectivity index (χ4n) is 1.50. The van der Waals surface area contributed by atoms with Crippen molar-refractivity contribution in [2.75, 3.05) is 5.73 Å². The number of hydrogen-bond donors (Lipinski definition) is 1. The molecular weight excluding hydrogens is 347 g/mol. The van der Waals surface area contributed by atoms with E-state index in [2.05, 4.69) is 44.5 Å². The van der Waals surface area contributed by atoms with Gasteiger partial charge in [-0.3, -0.25) is 0 Å². The third-order valence-corrected chi connectivity index (χ3v) is 4.44. The van der Waals surface area contributed by atoms with Crippen LogP contribution in [-0.2, 0) is 12.8 Å². The Morgan fingerprint density at radius 2 is 2.12 bits per heavy atom. The number of anilines is 1. The van der Waals surface area contributed by atoms with Gasteiger partial charge in [-0.2, -0.15) is 0 Å². The number of nitrogens with zero attached hydrogens (tertiary/aromatic N) is 3. The van der Waals surface area contributed by atoms with Crippen LogP contribution in [0.5, 0.6) is 0 Å². The highest BCUT2D eigenvalue weighted by Gasteiger charge is 2.10. The summed E-state index contributed by atoms with van der Waals surface area (Å²) < 4.78 is 0.962. The molecule has 0 aliphatic rings. The van der Waals surface area contributed by atoms with E-state index in [9.17, 15) is 0 Å². The Kier molecular flexibility index (Phi) is 3.93. The summed E-state index contributed by atoms with van der Waals surface area (Å²) in [6.07, 6.45) is 1.53. The van der Waals surface area contributed by atoms with Gasteiger partial charge in [0.15, 0.2) is 0 Å². The van der Waals surface area contributed by atoms with E-state index < -0.39 is 0 Å². The highest BCUT2D eigenvalue weighted by molar-refractivity contribution is 14.1. The van der Waals surface area contributed by atoms with Crippen LogP contribution in [0, 0.1) is 10.5 Å². The molecule has 90 valence electrons. The summed E-state index contributed by atoms with van der Waals surface area (Å²) in [6, 6.07) is 0. The first-order valence-corrected chi connectivity index (χ1v) is 7.27. The lowest BCUT2D eigenvalue weighted by Gasteiger charge is -2.06. The fourth-order valence-corrected chi connectivity index (χ4v) is 2.89. The molecule has 0 bridgehead atoms. The van der Waals surface area contributed by atoms with Crippen molar-refractivity contribution < 1.29 is 0 Å². The second kappa shape index (κ2) is 5.26. The highest BCUT2D eigenvalue weighted by Crippen LogP contribution is 2.19. The summed E-state index contributed by atoms with van der Waals surface area (Å²) in [6.45, 7) is 4.06. The lowest BCUT2D eigenvalue weighted by Crippen LogP contribution is -2.07. The first-order valence-electron chi connectivity index (χ1n) is 5.32. The number of aryl methyl sites for hydroxylation is 2. The minimum atomic E-state index is 0.570. The van der Waals surface area contributed by atoms with Gasteiger partial charge in [0.05, 0.1) is 15.7 Å². The van der Waals surface area contributed by atoms with Crippen LogP contribution < -0.4 is 5.73 Å². The van der Waals surface area contributed by atoms with Crippen LogP contribution in [0.3, 0.4) is 0 Å². The first-order chi connectivity index (χ1) is 8.10. The van der Waals surface area contributed by atoms with Crippen LogP contribution in [-0.4, -0.2) is 15.0 Å². The van der Waals surface area contributed by atoms with Crippen LogP contribution in [0.15, 0.2) is 5.38 Å². The predicted molar refractivity (Wildman–Crippen MR) is 78.2 cm³/mol. The fraction of sp³-hybridized carbons (Fsp3) is 0.364. The average Bonchev–Trinajstić information content (AvgIpc) is 2.69. The van der Waals surface area contributed by atoms with Crippen LogP contribution in [0.25, 0.3) is 0 Å². The third-order valence-electron chi connectivity index (χ3n) is 2.30. The summed E-state index contributed by atoms with van der Waals surface area (Å²) in [5, 5.41) is 3.07. The van der Waals surface area contributed by atoms with Crippen molar-refractivity contribution in [3.8, 4) is 0 Å². The van der Waals surface area contributed by atoms with Crippen molar-refractivity contribution in [3.05, 3.63) is 31.2 Å². The molecule has 17 heavy (non-hydrogen) atoms. The Morgan fingerprint density at radius 3 is 2.71 bits per heavy atom. The number of aromatic nitrogens is 3. The molecule has 0 unspecified atom stereocenters. The number of halogens is 1.